The van der Waals surface area contributed by atoms with E-state index in [-0.39, 0.29) is 12.1 Å². The van der Waals surface area contributed by atoms with E-state index < -0.39 is 0 Å². The Morgan fingerprint density at radius 1 is 1.00 bits per heavy atom. The van der Waals surface area contributed by atoms with Crippen molar-refractivity contribution in [1.82, 2.24) is 9.97 Å². The molecule has 0 N–H and O–H groups in total. The summed E-state index contributed by atoms with van der Waals surface area (Å²) in [6.07, 6.45) is 10.6. The van der Waals surface area contributed by atoms with Crippen LogP contribution in [0.15, 0.2) is 42.7 Å². The normalized spacial score (nSPS) is 11.9. The number of rotatable bonds is 10. The zero-order valence-electron chi connectivity index (χ0n) is 15.3. The highest BCUT2D eigenvalue weighted by molar-refractivity contribution is 5.88. The number of ether oxygens (including phenoxy) is 1. The predicted molar refractivity (Wildman–Crippen MR) is 99.4 cm³/mol. The molecule has 0 bridgehead atoms. The summed E-state index contributed by atoms with van der Waals surface area (Å²) < 4.78 is 5.62. The maximum atomic E-state index is 12.3. The fourth-order valence-electron chi connectivity index (χ4n) is 2.73. The van der Waals surface area contributed by atoms with Crippen LogP contribution in [0.5, 0.6) is 0 Å². The molecule has 2 rings (SSSR count). The van der Waals surface area contributed by atoms with Gasteiger partial charge in [0.15, 0.2) is 0 Å². The fraction of sp³-hybridized carbons (Fsp3) is 0.476. The lowest BCUT2D eigenvalue weighted by Gasteiger charge is -2.16. The molecular weight excluding hydrogens is 312 g/mol. The van der Waals surface area contributed by atoms with E-state index in [1.165, 1.54) is 25.7 Å². The third-order valence-electron chi connectivity index (χ3n) is 4.24. The lowest BCUT2D eigenvalue weighted by Crippen LogP contribution is -2.12. The molecule has 4 heteroatoms. The van der Waals surface area contributed by atoms with Gasteiger partial charge in [-0.1, -0.05) is 69.9 Å². The van der Waals surface area contributed by atoms with E-state index in [9.17, 15) is 4.79 Å². The molecular formula is C21H28N2O2. The van der Waals surface area contributed by atoms with Gasteiger partial charge in [-0.2, -0.15) is 0 Å². The number of aromatic nitrogens is 2. The molecule has 4 nitrogen and oxygen atoms in total. The molecule has 0 aliphatic rings. The standard InChI is InChI=1S/C21H28N2O2/c1-3-5-6-7-11-14-20-22-15-18(16-23-20)21(24)25-19(4-2)17-12-9-8-10-13-17/h8-10,12-13,15-16,19H,3-7,11,14H2,1-2H3. The van der Waals surface area contributed by atoms with Crippen molar-refractivity contribution in [3.05, 3.63) is 59.7 Å². The van der Waals surface area contributed by atoms with Gasteiger partial charge < -0.3 is 4.74 Å². The minimum atomic E-state index is -0.370. The Morgan fingerprint density at radius 2 is 1.68 bits per heavy atom. The minimum absolute atomic E-state index is 0.244. The maximum Gasteiger partial charge on any atom is 0.341 e. The van der Waals surface area contributed by atoms with Crippen molar-refractivity contribution in [2.75, 3.05) is 0 Å². The summed E-state index contributed by atoms with van der Waals surface area (Å²) in [6.45, 7) is 4.21. The van der Waals surface area contributed by atoms with Gasteiger partial charge in [-0.3, -0.25) is 0 Å². The smallest absolute Gasteiger partial charge is 0.341 e. The van der Waals surface area contributed by atoms with Gasteiger partial charge in [-0.15, -0.1) is 0 Å². The average Bonchev–Trinajstić information content (AvgIpc) is 2.67. The Labute approximate surface area is 150 Å². The van der Waals surface area contributed by atoms with Crippen LogP contribution in [0.4, 0.5) is 0 Å². The number of carbonyl (C=O) groups is 1. The van der Waals surface area contributed by atoms with Crippen LogP contribution < -0.4 is 0 Å². The van der Waals surface area contributed by atoms with E-state index in [1.807, 2.05) is 37.3 Å². The van der Waals surface area contributed by atoms with Crippen molar-refractivity contribution < 1.29 is 9.53 Å². The van der Waals surface area contributed by atoms with Gasteiger partial charge in [0.1, 0.15) is 11.9 Å². The molecule has 25 heavy (non-hydrogen) atoms. The summed E-state index contributed by atoms with van der Waals surface area (Å²) in [5.74, 6) is 0.424. The van der Waals surface area contributed by atoms with Gasteiger partial charge in [0.25, 0.3) is 0 Å². The van der Waals surface area contributed by atoms with Gasteiger partial charge >= 0.3 is 5.97 Å². The SMILES string of the molecule is CCCCCCCc1ncc(C(=O)OC(CC)c2ccccc2)cn1. The van der Waals surface area contributed by atoms with E-state index in [1.54, 1.807) is 12.4 Å². The first-order valence-electron chi connectivity index (χ1n) is 9.31. The van der Waals surface area contributed by atoms with E-state index in [4.69, 9.17) is 4.74 Å². The molecule has 0 amide bonds. The van der Waals surface area contributed by atoms with Crippen LogP contribution in [0.25, 0.3) is 0 Å². The van der Waals surface area contributed by atoms with Crippen molar-refractivity contribution in [2.24, 2.45) is 0 Å². The van der Waals surface area contributed by atoms with Crippen LogP contribution in [0, 0.1) is 0 Å². The molecule has 2 aromatic rings. The number of esters is 1. The van der Waals surface area contributed by atoms with Crippen LogP contribution in [0.3, 0.4) is 0 Å². The van der Waals surface area contributed by atoms with Gasteiger partial charge in [0.2, 0.25) is 0 Å². The Hall–Kier alpha value is -2.23. The second-order valence-electron chi connectivity index (χ2n) is 6.27. The summed E-state index contributed by atoms with van der Waals surface area (Å²) in [7, 11) is 0. The highest BCUT2D eigenvalue weighted by Crippen LogP contribution is 2.22. The average molecular weight is 340 g/mol. The molecule has 0 saturated heterocycles. The number of hydrogen-bond acceptors (Lipinski definition) is 4. The molecule has 1 aromatic heterocycles. The van der Waals surface area contributed by atoms with E-state index in [0.29, 0.717) is 5.56 Å². The van der Waals surface area contributed by atoms with Crippen molar-refractivity contribution in [3.63, 3.8) is 0 Å². The molecule has 0 saturated carbocycles. The zero-order valence-corrected chi connectivity index (χ0v) is 15.3. The number of unbranched alkanes of at least 4 members (excludes halogenated alkanes) is 4. The van der Waals surface area contributed by atoms with Gasteiger partial charge in [-0.05, 0) is 18.4 Å². The summed E-state index contributed by atoms with van der Waals surface area (Å²) in [4.78, 5) is 21.0. The van der Waals surface area contributed by atoms with Crippen molar-refractivity contribution in [1.29, 1.82) is 0 Å². The molecule has 0 aliphatic heterocycles. The number of carbonyl (C=O) groups excluding carboxylic acids is 1. The largest absolute Gasteiger partial charge is 0.454 e. The van der Waals surface area contributed by atoms with Gasteiger partial charge in [0, 0.05) is 18.8 Å². The molecule has 1 aromatic carbocycles. The minimum Gasteiger partial charge on any atom is -0.454 e. The molecule has 0 radical (unpaired) electrons. The Balaban J connectivity index is 1.87. The first kappa shape index (κ1) is 19.1. The Bertz CT molecular complexity index is 626. The number of benzene rings is 1. The summed E-state index contributed by atoms with van der Waals surface area (Å²) in [6, 6.07) is 9.79. The van der Waals surface area contributed by atoms with E-state index in [0.717, 1.165) is 30.7 Å². The van der Waals surface area contributed by atoms with E-state index >= 15 is 0 Å². The fourth-order valence-corrected chi connectivity index (χ4v) is 2.73. The first-order chi connectivity index (χ1) is 12.2. The summed E-state index contributed by atoms with van der Waals surface area (Å²) in [5, 5.41) is 0. The monoisotopic (exact) mass is 340 g/mol. The Kier molecular flexibility index (Phi) is 8.10. The van der Waals surface area contributed by atoms with Crippen molar-refractivity contribution in [2.45, 2.75) is 64.9 Å². The third kappa shape index (κ3) is 6.29. The van der Waals surface area contributed by atoms with Crippen LogP contribution >= 0.6 is 0 Å². The molecule has 1 atom stereocenters. The quantitative estimate of drug-likeness (QED) is 0.435. The first-order valence-corrected chi connectivity index (χ1v) is 9.31. The summed E-state index contributed by atoms with van der Waals surface area (Å²) in [5.41, 5.74) is 1.41. The third-order valence-corrected chi connectivity index (χ3v) is 4.24. The molecule has 1 unspecified atom stereocenters. The maximum absolute atomic E-state index is 12.3. The lowest BCUT2D eigenvalue weighted by molar-refractivity contribution is 0.0287. The topological polar surface area (TPSA) is 52.1 Å². The molecule has 1 heterocycles. The number of nitrogens with zero attached hydrogens (tertiary/aromatic N) is 2. The van der Waals surface area contributed by atoms with Crippen LogP contribution in [-0.4, -0.2) is 15.9 Å². The van der Waals surface area contributed by atoms with Crippen LogP contribution in [-0.2, 0) is 11.2 Å². The number of hydrogen-bond donors (Lipinski definition) is 0. The predicted octanol–water partition coefficient (Wildman–Crippen LogP) is 5.30. The van der Waals surface area contributed by atoms with E-state index in [2.05, 4.69) is 16.9 Å². The van der Waals surface area contributed by atoms with Gasteiger partial charge in [-0.25, -0.2) is 14.8 Å². The van der Waals surface area contributed by atoms with Gasteiger partial charge in [0.05, 0.1) is 5.56 Å². The zero-order chi connectivity index (χ0) is 17.9. The molecule has 0 fully saturated rings. The highest BCUT2D eigenvalue weighted by Gasteiger charge is 2.16. The number of aryl methyl sites for hydroxylation is 1. The molecule has 0 aliphatic carbocycles. The highest BCUT2D eigenvalue weighted by atomic mass is 16.5. The molecule has 134 valence electrons. The van der Waals surface area contributed by atoms with Crippen molar-refractivity contribution >= 4 is 5.97 Å². The second-order valence-corrected chi connectivity index (χ2v) is 6.27. The van der Waals surface area contributed by atoms with Crippen molar-refractivity contribution in [3.8, 4) is 0 Å². The second kappa shape index (κ2) is 10.6. The van der Waals surface area contributed by atoms with Crippen LogP contribution in [0.2, 0.25) is 0 Å². The lowest BCUT2D eigenvalue weighted by atomic mass is 10.1. The molecule has 0 spiro atoms. The van der Waals surface area contributed by atoms with Crippen LogP contribution in [0.1, 0.15) is 80.2 Å². The summed E-state index contributed by atoms with van der Waals surface area (Å²) >= 11 is 0. The Morgan fingerprint density at radius 3 is 2.32 bits per heavy atom.